The fourth-order valence-electron chi connectivity index (χ4n) is 3.89. The van der Waals surface area contributed by atoms with Gasteiger partial charge in [0.2, 0.25) is 0 Å². The number of fused-ring (bicyclic) bond motifs is 1. The zero-order valence-corrected chi connectivity index (χ0v) is 14.8. The summed E-state index contributed by atoms with van der Waals surface area (Å²) in [5, 5.41) is 0. The van der Waals surface area contributed by atoms with Gasteiger partial charge >= 0.3 is 0 Å². The van der Waals surface area contributed by atoms with Gasteiger partial charge in [0.25, 0.3) is 0 Å². The second-order valence-corrected chi connectivity index (χ2v) is 7.72. The highest BCUT2D eigenvalue weighted by molar-refractivity contribution is 5.09. The first-order valence-corrected chi connectivity index (χ1v) is 9.04. The van der Waals surface area contributed by atoms with Crippen LogP contribution in [0.5, 0.6) is 0 Å². The Kier molecular flexibility index (Phi) is 4.88. The fourth-order valence-corrected chi connectivity index (χ4v) is 3.89. The van der Waals surface area contributed by atoms with Crippen LogP contribution in [-0.4, -0.2) is 51.6 Å². The maximum atomic E-state index is 4.75. The molecule has 1 fully saturated rings. The van der Waals surface area contributed by atoms with Crippen molar-refractivity contribution in [3.8, 4) is 0 Å². The fraction of sp³-hybridized carbons (Fsp3) is 0.833. The number of rotatable bonds is 4. The zero-order valence-electron chi connectivity index (χ0n) is 14.8. The molecule has 0 N–H and O–H groups in total. The van der Waals surface area contributed by atoms with E-state index in [9.17, 15) is 0 Å². The third kappa shape index (κ3) is 3.38. The van der Waals surface area contributed by atoms with Crippen LogP contribution in [0.1, 0.15) is 45.6 Å². The first kappa shape index (κ1) is 16.0. The molecule has 4 nitrogen and oxygen atoms in total. The number of imidazole rings is 1. The molecule has 4 heteroatoms. The monoisotopic (exact) mass is 304 g/mol. The minimum absolute atomic E-state index is 0.675. The molecule has 3 heterocycles. The van der Waals surface area contributed by atoms with E-state index in [1.54, 1.807) is 0 Å². The van der Waals surface area contributed by atoms with Gasteiger partial charge in [-0.05, 0) is 38.5 Å². The van der Waals surface area contributed by atoms with E-state index in [-0.39, 0.29) is 0 Å². The predicted molar refractivity (Wildman–Crippen MR) is 90.9 cm³/mol. The summed E-state index contributed by atoms with van der Waals surface area (Å²) in [7, 11) is 0. The predicted octanol–water partition coefficient (Wildman–Crippen LogP) is 2.63. The number of aromatic nitrogens is 2. The average molecular weight is 304 g/mol. The lowest BCUT2D eigenvalue weighted by Crippen LogP contribution is -2.48. The molecule has 1 saturated heterocycles. The molecule has 22 heavy (non-hydrogen) atoms. The summed E-state index contributed by atoms with van der Waals surface area (Å²) in [5.74, 6) is 2.91. The summed E-state index contributed by atoms with van der Waals surface area (Å²) in [6.07, 6.45) is 4.66. The second kappa shape index (κ2) is 6.71. The van der Waals surface area contributed by atoms with Crippen molar-refractivity contribution in [2.45, 2.75) is 59.7 Å². The van der Waals surface area contributed by atoms with E-state index in [4.69, 9.17) is 4.98 Å². The van der Waals surface area contributed by atoms with Crippen molar-refractivity contribution in [3.63, 3.8) is 0 Å². The van der Waals surface area contributed by atoms with Gasteiger partial charge in [-0.1, -0.05) is 13.8 Å². The molecule has 2 aliphatic heterocycles. The number of nitrogens with zero attached hydrogens (tertiary/aromatic N) is 4. The van der Waals surface area contributed by atoms with Gasteiger partial charge in [0.15, 0.2) is 0 Å². The minimum Gasteiger partial charge on any atom is -0.331 e. The van der Waals surface area contributed by atoms with Crippen LogP contribution in [0.3, 0.4) is 0 Å². The Morgan fingerprint density at radius 3 is 2.45 bits per heavy atom. The van der Waals surface area contributed by atoms with Crippen LogP contribution in [0, 0.1) is 11.8 Å². The zero-order chi connectivity index (χ0) is 15.7. The van der Waals surface area contributed by atoms with Crippen molar-refractivity contribution in [3.05, 3.63) is 17.7 Å². The van der Waals surface area contributed by atoms with E-state index < -0.39 is 0 Å². The van der Waals surface area contributed by atoms with Crippen molar-refractivity contribution in [2.24, 2.45) is 11.8 Å². The Labute approximate surface area is 135 Å². The van der Waals surface area contributed by atoms with Crippen LogP contribution in [0.15, 0.2) is 6.20 Å². The average Bonchev–Trinajstić information content (AvgIpc) is 2.90. The van der Waals surface area contributed by atoms with Gasteiger partial charge in [-0.15, -0.1) is 0 Å². The van der Waals surface area contributed by atoms with E-state index in [2.05, 4.69) is 48.3 Å². The Morgan fingerprint density at radius 2 is 1.82 bits per heavy atom. The molecule has 3 rings (SSSR count). The van der Waals surface area contributed by atoms with Gasteiger partial charge in [-0.25, -0.2) is 4.98 Å². The highest BCUT2D eigenvalue weighted by Crippen LogP contribution is 2.27. The molecular formula is C18H32N4. The second-order valence-electron chi connectivity index (χ2n) is 7.72. The van der Waals surface area contributed by atoms with Crippen LogP contribution >= 0.6 is 0 Å². The topological polar surface area (TPSA) is 24.3 Å². The molecule has 0 amide bonds. The molecule has 0 aliphatic carbocycles. The Hall–Kier alpha value is -0.870. The van der Waals surface area contributed by atoms with Crippen molar-refractivity contribution < 1.29 is 0 Å². The molecule has 124 valence electrons. The number of hydrogen-bond acceptors (Lipinski definition) is 3. The summed E-state index contributed by atoms with van der Waals surface area (Å²) in [5.41, 5.74) is 1.46. The van der Waals surface area contributed by atoms with Crippen molar-refractivity contribution in [2.75, 3.05) is 26.2 Å². The molecule has 0 saturated carbocycles. The van der Waals surface area contributed by atoms with Crippen LogP contribution < -0.4 is 0 Å². The van der Waals surface area contributed by atoms with E-state index in [0.29, 0.717) is 6.04 Å². The third-order valence-electron chi connectivity index (χ3n) is 5.66. The smallest absolute Gasteiger partial charge is 0.123 e. The van der Waals surface area contributed by atoms with Crippen LogP contribution in [-0.2, 0) is 19.5 Å². The standard InChI is InChI=1S/C18H32N4/c1-14(2)16-5-6-22-17(11-16)12-19-18(22)13-20-7-9-21(10-8-20)15(3)4/h12,14-16H,5-11,13H2,1-4H3. The minimum atomic E-state index is 0.675. The van der Waals surface area contributed by atoms with Crippen LogP contribution in [0.25, 0.3) is 0 Å². The molecule has 1 atom stereocenters. The molecule has 2 aliphatic rings. The van der Waals surface area contributed by atoms with Gasteiger partial charge < -0.3 is 4.57 Å². The van der Waals surface area contributed by atoms with Crippen molar-refractivity contribution >= 4 is 0 Å². The number of piperazine rings is 1. The van der Waals surface area contributed by atoms with E-state index in [1.165, 1.54) is 57.1 Å². The van der Waals surface area contributed by atoms with E-state index in [1.807, 2.05) is 0 Å². The lowest BCUT2D eigenvalue weighted by molar-refractivity contribution is 0.101. The molecular weight excluding hydrogens is 272 g/mol. The quantitative estimate of drug-likeness (QED) is 0.854. The molecule has 0 spiro atoms. The highest BCUT2D eigenvalue weighted by atomic mass is 15.3. The van der Waals surface area contributed by atoms with Gasteiger partial charge in [0.1, 0.15) is 5.82 Å². The molecule has 0 bridgehead atoms. The largest absolute Gasteiger partial charge is 0.331 e. The molecule has 0 aromatic carbocycles. The maximum Gasteiger partial charge on any atom is 0.123 e. The normalized spacial score (nSPS) is 24.2. The van der Waals surface area contributed by atoms with Crippen molar-refractivity contribution in [1.29, 1.82) is 0 Å². The van der Waals surface area contributed by atoms with Crippen molar-refractivity contribution in [1.82, 2.24) is 19.4 Å². The summed E-state index contributed by atoms with van der Waals surface area (Å²) < 4.78 is 2.49. The first-order chi connectivity index (χ1) is 10.5. The third-order valence-corrected chi connectivity index (χ3v) is 5.66. The Balaban J connectivity index is 1.59. The van der Waals surface area contributed by atoms with Gasteiger partial charge in [0, 0.05) is 50.7 Å². The van der Waals surface area contributed by atoms with Crippen LogP contribution in [0.2, 0.25) is 0 Å². The lowest BCUT2D eigenvalue weighted by atomic mass is 9.86. The van der Waals surface area contributed by atoms with E-state index >= 15 is 0 Å². The first-order valence-electron chi connectivity index (χ1n) is 9.04. The highest BCUT2D eigenvalue weighted by Gasteiger charge is 2.25. The summed E-state index contributed by atoms with van der Waals surface area (Å²) in [6, 6.07) is 0.675. The van der Waals surface area contributed by atoms with Gasteiger partial charge in [0.05, 0.1) is 6.54 Å². The van der Waals surface area contributed by atoms with Gasteiger partial charge in [-0.3, -0.25) is 9.80 Å². The molecule has 1 aromatic heterocycles. The summed E-state index contributed by atoms with van der Waals surface area (Å²) in [6.45, 7) is 16.2. The summed E-state index contributed by atoms with van der Waals surface area (Å²) >= 11 is 0. The van der Waals surface area contributed by atoms with Crippen LogP contribution in [0.4, 0.5) is 0 Å². The summed E-state index contributed by atoms with van der Waals surface area (Å²) in [4.78, 5) is 9.89. The van der Waals surface area contributed by atoms with Gasteiger partial charge in [-0.2, -0.15) is 0 Å². The number of hydrogen-bond donors (Lipinski definition) is 0. The molecule has 0 radical (unpaired) electrons. The van der Waals surface area contributed by atoms with E-state index in [0.717, 1.165) is 18.4 Å². The Morgan fingerprint density at radius 1 is 1.09 bits per heavy atom. The molecule has 1 unspecified atom stereocenters. The maximum absolute atomic E-state index is 4.75. The molecule has 1 aromatic rings. The lowest BCUT2D eigenvalue weighted by Gasteiger charge is -2.37. The Bertz CT molecular complexity index is 483. The SMILES string of the molecule is CC(C)C1CCn2c(cnc2CN2CCN(C(C)C)CC2)C1.